The third-order valence-electron chi connectivity index (χ3n) is 4.16. The number of hydrogen-bond acceptors (Lipinski definition) is 4. The summed E-state index contributed by atoms with van der Waals surface area (Å²) in [5.74, 6) is 0.213. The van der Waals surface area contributed by atoms with E-state index in [-0.39, 0.29) is 17.7 Å². The summed E-state index contributed by atoms with van der Waals surface area (Å²) in [5.41, 5.74) is 2.55. The highest BCUT2D eigenvalue weighted by atomic mass is 32.2. The van der Waals surface area contributed by atoms with Crippen LogP contribution in [0.5, 0.6) is 0 Å². The number of sulfone groups is 1. The molecule has 0 saturated heterocycles. The van der Waals surface area contributed by atoms with Crippen molar-refractivity contribution in [2.45, 2.75) is 25.4 Å². The highest BCUT2D eigenvalue weighted by Gasteiger charge is 2.23. The summed E-state index contributed by atoms with van der Waals surface area (Å²) in [6.45, 7) is 1.93. The summed E-state index contributed by atoms with van der Waals surface area (Å²) in [6.07, 6.45) is 2.95. The van der Waals surface area contributed by atoms with E-state index in [4.69, 9.17) is 0 Å². The van der Waals surface area contributed by atoms with Crippen LogP contribution < -0.4 is 5.32 Å². The van der Waals surface area contributed by atoms with Gasteiger partial charge in [-0.25, -0.2) is 8.42 Å². The molecule has 0 spiro atoms. The highest BCUT2D eigenvalue weighted by Crippen LogP contribution is 2.18. The van der Waals surface area contributed by atoms with Gasteiger partial charge in [-0.2, -0.15) is 0 Å². The van der Waals surface area contributed by atoms with Crippen molar-refractivity contribution in [2.24, 2.45) is 0 Å². The van der Waals surface area contributed by atoms with Crippen LogP contribution in [0.1, 0.15) is 17.5 Å². The summed E-state index contributed by atoms with van der Waals surface area (Å²) in [5, 5.41) is 4.36. The fourth-order valence-corrected chi connectivity index (χ4v) is 4.20. The van der Waals surface area contributed by atoms with E-state index < -0.39 is 9.84 Å². The number of hydrogen-bond donors (Lipinski definition) is 1. The van der Waals surface area contributed by atoms with Gasteiger partial charge in [0.05, 0.1) is 5.75 Å². The molecule has 1 aromatic carbocycles. The first-order valence-electron chi connectivity index (χ1n) is 7.52. The summed E-state index contributed by atoms with van der Waals surface area (Å²) in [6, 6.07) is 8.05. The molecule has 1 amide bonds. The molecule has 5 nitrogen and oxygen atoms in total. The Hall–Kier alpha value is -1.66. The standard InChI is InChI=1S/C16H20N2O3S/c19-16(5-8-17-15-7-10-22(20,21)12-15)18-9-6-13-3-1-2-4-14(13)11-18/h1-4,7,10,15,17H,5-6,8-9,11-12H2. The zero-order chi connectivity index (χ0) is 15.6. The lowest BCUT2D eigenvalue weighted by Crippen LogP contribution is -2.39. The molecule has 0 aliphatic carbocycles. The molecule has 1 N–H and O–H groups in total. The van der Waals surface area contributed by atoms with E-state index in [0.717, 1.165) is 13.0 Å². The number of fused-ring (bicyclic) bond motifs is 1. The Kier molecular flexibility index (Phi) is 4.31. The van der Waals surface area contributed by atoms with Gasteiger partial charge in [0.2, 0.25) is 5.91 Å². The van der Waals surface area contributed by atoms with Crippen molar-refractivity contribution >= 4 is 15.7 Å². The average molecular weight is 320 g/mol. The molecule has 1 unspecified atom stereocenters. The monoisotopic (exact) mass is 320 g/mol. The van der Waals surface area contributed by atoms with Crippen molar-refractivity contribution in [1.82, 2.24) is 10.2 Å². The van der Waals surface area contributed by atoms with Gasteiger partial charge in [0.25, 0.3) is 0 Å². The van der Waals surface area contributed by atoms with Crippen LogP contribution in [0.25, 0.3) is 0 Å². The lowest BCUT2D eigenvalue weighted by molar-refractivity contribution is -0.132. The molecule has 1 aromatic rings. The fraction of sp³-hybridized carbons (Fsp3) is 0.438. The van der Waals surface area contributed by atoms with Gasteiger partial charge in [-0.05, 0) is 17.5 Å². The van der Waals surface area contributed by atoms with E-state index in [1.54, 1.807) is 6.08 Å². The average Bonchev–Trinajstić information content (AvgIpc) is 2.86. The smallest absolute Gasteiger partial charge is 0.224 e. The molecule has 0 aromatic heterocycles. The second kappa shape index (κ2) is 6.22. The van der Waals surface area contributed by atoms with Gasteiger partial charge in [0.1, 0.15) is 0 Å². The largest absolute Gasteiger partial charge is 0.338 e. The number of benzene rings is 1. The van der Waals surface area contributed by atoms with Crippen molar-refractivity contribution in [1.29, 1.82) is 0 Å². The van der Waals surface area contributed by atoms with Crippen LogP contribution >= 0.6 is 0 Å². The number of nitrogens with one attached hydrogen (secondary N) is 1. The van der Waals surface area contributed by atoms with E-state index >= 15 is 0 Å². The lowest BCUT2D eigenvalue weighted by atomic mass is 10.00. The summed E-state index contributed by atoms with van der Waals surface area (Å²) in [7, 11) is -3.04. The van der Waals surface area contributed by atoms with Crippen molar-refractivity contribution in [3.63, 3.8) is 0 Å². The van der Waals surface area contributed by atoms with Crippen LogP contribution in [0.2, 0.25) is 0 Å². The molecule has 1 atom stereocenters. The van der Waals surface area contributed by atoms with Crippen molar-refractivity contribution < 1.29 is 13.2 Å². The Bertz CT molecular complexity index is 697. The van der Waals surface area contributed by atoms with E-state index in [0.29, 0.717) is 19.5 Å². The summed E-state index contributed by atoms with van der Waals surface area (Å²) >= 11 is 0. The van der Waals surface area contributed by atoms with Gasteiger partial charge >= 0.3 is 0 Å². The fourth-order valence-electron chi connectivity index (χ4n) is 2.93. The number of rotatable bonds is 4. The molecular formula is C16H20N2O3S. The third-order valence-corrected chi connectivity index (χ3v) is 5.55. The maximum absolute atomic E-state index is 12.3. The van der Waals surface area contributed by atoms with Gasteiger partial charge in [-0.1, -0.05) is 30.3 Å². The molecule has 6 heteroatoms. The molecule has 2 heterocycles. The first-order valence-corrected chi connectivity index (χ1v) is 9.24. The maximum atomic E-state index is 12.3. The first kappa shape index (κ1) is 15.2. The Balaban J connectivity index is 1.46. The zero-order valence-electron chi connectivity index (χ0n) is 12.4. The second-order valence-electron chi connectivity index (χ2n) is 5.80. The molecule has 118 valence electrons. The Morgan fingerprint density at radius 1 is 1.27 bits per heavy atom. The molecule has 2 aliphatic rings. The topological polar surface area (TPSA) is 66.5 Å². The highest BCUT2D eigenvalue weighted by molar-refractivity contribution is 7.94. The minimum absolute atomic E-state index is 0.0955. The minimum atomic E-state index is -3.04. The Morgan fingerprint density at radius 2 is 2.05 bits per heavy atom. The quantitative estimate of drug-likeness (QED) is 0.894. The van der Waals surface area contributed by atoms with E-state index in [1.165, 1.54) is 16.5 Å². The van der Waals surface area contributed by atoms with Crippen molar-refractivity contribution in [3.8, 4) is 0 Å². The molecule has 0 bridgehead atoms. The van der Waals surface area contributed by atoms with Crippen LogP contribution in [0.3, 0.4) is 0 Å². The van der Waals surface area contributed by atoms with Gasteiger partial charge in [0.15, 0.2) is 9.84 Å². The van der Waals surface area contributed by atoms with Gasteiger partial charge in [0, 0.05) is 37.5 Å². The van der Waals surface area contributed by atoms with E-state index in [2.05, 4.69) is 17.4 Å². The zero-order valence-corrected chi connectivity index (χ0v) is 13.2. The predicted molar refractivity (Wildman–Crippen MR) is 84.9 cm³/mol. The summed E-state index contributed by atoms with van der Waals surface area (Å²) in [4.78, 5) is 14.1. The molecule has 3 rings (SSSR count). The van der Waals surface area contributed by atoms with Crippen LogP contribution in [-0.2, 0) is 27.6 Å². The van der Waals surface area contributed by atoms with Gasteiger partial charge in [-0.15, -0.1) is 0 Å². The molecule has 0 fully saturated rings. The van der Waals surface area contributed by atoms with Crippen LogP contribution in [-0.4, -0.2) is 44.1 Å². The molecule has 0 radical (unpaired) electrons. The van der Waals surface area contributed by atoms with Crippen LogP contribution in [0, 0.1) is 0 Å². The number of carbonyl (C=O) groups excluding carboxylic acids is 1. The van der Waals surface area contributed by atoms with Gasteiger partial charge < -0.3 is 10.2 Å². The number of amides is 1. The number of carbonyl (C=O) groups is 1. The van der Waals surface area contributed by atoms with Crippen molar-refractivity contribution in [3.05, 3.63) is 46.9 Å². The van der Waals surface area contributed by atoms with E-state index in [1.807, 2.05) is 17.0 Å². The molecule has 0 saturated carbocycles. The Morgan fingerprint density at radius 3 is 2.77 bits per heavy atom. The number of nitrogens with zero attached hydrogens (tertiary/aromatic N) is 1. The molecule has 22 heavy (non-hydrogen) atoms. The molecular weight excluding hydrogens is 300 g/mol. The predicted octanol–water partition coefficient (Wildman–Crippen LogP) is 0.862. The van der Waals surface area contributed by atoms with Crippen molar-refractivity contribution in [2.75, 3.05) is 18.8 Å². The minimum Gasteiger partial charge on any atom is -0.338 e. The first-order chi connectivity index (χ1) is 10.5. The van der Waals surface area contributed by atoms with E-state index in [9.17, 15) is 13.2 Å². The van der Waals surface area contributed by atoms with Gasteiger partial charge in [-0.3, -0.25) is 4.79 Å². The van der Waals surface area contributed by atoms with Crippen LogP contribution in [0.15, 0.2) is 35.7 Å². The third kappa shape index (κ3) is 3.56. The van der Waals surface area contributed by atoms with Crippen LogP contribution in [0.4, 0.5) is 0 Å². The Labute approximate surface area is 130 Å². The SMILES string of the molecule is O=C(CCNC1C=CS(=O)(=O)C1)N1CCc2ccccc2C1. The maximum Gasteiger partial charge on any atom is 0.224 e. The summed E-state index contributed by atoms with van der Waals surface area (Å²) < 4.78 is 22.6. The molecule has 2 aliphatic heterocycles. The normalized spacial score (nSPS) is 22.5. The lowest BCUT2D eigenvalue weighted by Gasteiger charge is -2.29. The second-order valence-corrected chi connectivity index (χ2v) is 7.73.